The maximum absolute atomic E-state index is 2.38. The van der Waals surface area contributed by atoms with E-state index in [1.807, 2.05) is 0 Å². The molecule has 0 spiro atoms. The Hall–Kier alpha value is -0.520. The van der Waals surface area contributed by atoms with E-state index in [0.29, 0.717) is 0 Å². The van der Waals surface area contributed by atoms with Gasteiger partial charge < -0.3 is 0 Å². The summed E-state index contributed by atoms with van der Waals surface area (Å²) in [4.78, 5) is 0. The minimum Gasteiger partial charge on any atom is -0.0845 e. The average molecular weight is 163 g/mol. The summed E-state index contributed by atoms with van der Waals surface area (Å²) < 4.78 is 0. The standard InChI is InChI=1S/C12H19/c1-2-4-6-8-10-12-11-9-7-5-3-1/h1-4,7H,5-6,8-12H2/b3-1+,4-2-. The molecule has 0 bridgehead atoms. The summed E-state index contributed by atoms with van der Waals surface area (Å²) in [5.74, 6) is 0. The van der Waals surface area contributed by atoms with Crippen LogP contribution in [-0.4, -0.2) is 0 Å². The molecule has 1 aliphatic carbocycles. The molecule has 0 amide bonds. The van der Waals surface area contributed by atoms with Gasteiger partial charge >= 0.3 is 0 Å². The molecular weight excluding hydrogens is 144 g/mol. The first-order valence-electron chi connectivity index (χ1n) is 5.13. The lowest BCUT2D eigenvalue weighted by molar-refractivity contribution is 0.639. The van der Waals surface area contributed by atoms with E-state index < -0.39 is 0 Å². The van der Waals surface area contributed by atoms with E-state index in [1.165, 1.54) is 38.5 Å². The summed E-state index contributed by atoms with van der Waals surface area (Å²) in [7, 11) is 0. The molecule has 0 heterocycles. The number of allylic oxidation sites excluding steroid dienone is 4. The highest BCUT2D eigenvalue weighted by molar-refractivity contribution is 5.03. The third-order valence-electron chi connectivity index (χ3n) is 2.22. The van der Waals surface area contributed by atoms with E-state index in [2.05, 4.69) is 30.7 Å². The van der Waals surface area contributed by atoms with Gasteiger partial charge in [-0.1, -0.05) is 43.6 Å². The van der Waals surface area contributed by atoms with Crippen LogP contribution < -0.4 is 0 Å². The van der Waals surface area contributed by atoms with E-state index in [1.54, 1.807) is 0 Å². The van der Waals surface area contributed by atoms with Crippen molar-refractivity contribution in [3.05, 3.63) is 30.7 Å². The van der Waals surface area contributed by atoms with Gasteiger partial charge in [-0.3, -0.25) is 0 Å². The molecule has 0 nitrogen and oxygen atoms in total. The van der Waals surface area contributed by atoms with Crippen molar-refractivity contribution in [3.8, 4) is 0 Å². The van der Waals surface area contributed by atoms with Crippen LogP contribution in [0.2, 0.25) is 0 Å². The van der Waals surface area contributed by atoms with Crippen LogP contribution in [0, 0.1) is 6.42 Å². The van der Waals surface area contributed by atoms with Gasteiger partial charge in [0.05, 0.1) is 0 Å². The Balaban J connectivity index is 2.21. The molecule has 0 aliphatic heterocycles. The van der Waals surface area contributed by atoms with Crippen molar-refractivity contribution < 1.29 is 0 Å². The zero-order chi connectivity index (χ0) is 8.49. The number of rotatable bonds is 0. The van der Waals surface area contributed by atoms with Crippen LogP contribution in [-0.2, 0) is 0 Å². The number of hydrogen-bond acceptors (Lipinski definition) is 0. The van der Waals surface area contributed by atoms with Crippen molar-refractivity contribution in [1.82, 2.24) is 0 Å². The fraction of sp³-hybridized carbons (Fsp3) is 0.583. The van der Waals surface area contributed by atoms with Gasteiger partial charge in [0.15, 0.2) is 0 Å². The third-order valence-corrected chi connectivity index (χ3v) is 2.22. The molecule has 12 heavy (non-hydrogen) atoms. The monoisotopic (exact) mass is 163 g/mol. The summed E-state index contributed by atoms with van der Waals surface area (Å²) >= 11 is 0. The predicted molar refractivity (Wildman–Crippen MR) is 54.9 cm³/mol. The van der Waals surface area contributed by atoms with Crippen LogP contribution in [0.5, 0.6) is 0 Å². The molecule has 0 N–H and O–H groups in total. The molecule has 1 aliphatic rings. The quantitative estimate of drug-likeness (QED) is 0.505. The molecule has 1 rings (SSSR count). The lowest BCUT2D eigenvalue weighted by atomic mass is 10.1. The van der Waals surface area contributed by atoms with Gasteiger partial charge in [-0.05, 0) is 32.1 Å². The fourth-order valence-electron chi connectivity index (χ4n) is 1.45. The van der Waals surface area contributed by atoms with Crippen molar-refractivity contribution in [2.24, 2.45) is 0 Å². The average Bonchev–Trinajstić information content (AvgIpc) is 2.05. The van der Waals surface area contributed by atoms with Crippen LogP contribution in [0.4, 0.5) is 0 Å². The summed E-state index contributed by atoms with van der Waals surface area (Å²) in [5, 5.41) is 0. The van der Waals surface area contributed by atoms with E-state index in [-0.39, 0.29) is 0 Å². The lowest BCUT2D eigenvalue weighted by Gasteiger charge is -1.99. The first-order valence-corrected chi connectivity index (χ1v) is 5.13. The second-order valence-electron chi connectivity index (χ2n) is 3.37. The van der Waals surface area contributed by atoms with E-state index >= 15 is 0 Å². The fourth-order valence-corrected chi connectivity index (χ4v) is 1.45. The highest BCUT2D eigenvalue weighted by atomic mass is 14.0. The van der Waals surface area contributed by atoms with Crippen molar-refractivity contribution in [1.29, 1.82) is 0 Å². The summed E-state index contributed by atoms with van der Waals surface area (Å²) in [6.45, 7) is 0. The molecule has 0 saturated heterocycles. The Kier molecular flexibility index (Phi) is 5.70. The molecule has 0 fully saturated rings. The molecule has 0 aromatic carbocycles. The van der Waals surface area contributed by atoms with Gasteiger partial charge in [-0.25, -0.2) is 0 Å². The van der Waals surface area contributed by atoms with Gasteiger partial charge in [0.25, 0.3) is 0 Å². The first-order chi connectivity index (χ1) is 6.00. The van der Waals surface area contributed by atoms with E-state index in [4.69, 9.17) is 0 Å². The van der Waals surface area contributed by atoms with Gasteiger partial charge in [0, 0.05) is 0 Å². The van der Waals surface area contributed by atoms with Crippen LogP contribution in [0.3, 0.4) is 0 Å². The normalized spacial score (nSPS) is 26.7. The molecule has 67 valence electrons. The van der Waals surface area contributed by atoms with Crippen LogP contribution >= 0.6 is 0 Å². The Morgan fingerprint density at radius 3 is 2.33 bits per heavy atom. The van der Waals surface area contributed by atoms with Crippen LogP contribution in [0.1, 0.15) is 44.9 Å². The zero-order valence-electron chi connectivity index (χ0n) is 7.84. The maximum atomic E-state index is 2.38. The molecular formula is C12H19. The molecule has 0 aromatic heterocycles. The van der Waals surface area contributed by atoms with Crippen molar-refractivity contribution in [2.45, 2.75) is 44.9 Å². The third kappa shape index (κ3) is 5.17. The van der Waals surface area contributed by atoms with Crippen LogP contribution in [0.15, 0.2) is 24.3 Å². The molecule has 0 aromatic rings. The highest BCUT2D eigenvalue weighted by Gasteiger charge is 1.90. The Morgan fingerprint density at radius 2 is 1.42 bits per heavy atom. The minimum atomic E-state index is 1.14. The topological polar surface area (TPSA) is 0 Å². The Morgan fingerprint density at radius 1 is 0.667 bits per heavy atom. The minimum absolute atomic E-state index is 1.14. The van der Waals surface area contributed by atoms with E-state index in [9.17, 15) is 0 Å². The molecule has 1 radical (unpaired) electrons. The molecule has 0 heteroatoms. The number of hydrogen-bond donors (Lipinski definition) is 0. The molecule has 0 saturated carbocycles. The second kappa shape index (κ2) is 7.15. The molecule has 0 atom stereocenters. The van der Waals surface area contributed by atoms with E-state index in [0.717, 1.165) is 6.42 Å². The second-order valence-corrected chi connectivity index (χ2v) is 3.37. The van der Waals surface area contributed by atoms with Crippen LogP contribution in [0.25, 0.3) is 0 Å². The summed E-state index contributed by atoms with van der Waals surface area (Å²) in [6.07, 6.45) is 20.5. The van der Waals surface area contributed by atoms with Crippen molar-refractivity contribution in [3.63, 3.8) is 0 Å². The van der Waals surface area contributed by atoms with Gasteiger partial charge in [0.2, 0.25) is 0 Å². The first kappa shape index (κ1) is 9.57. The smallest absolute Gasteiger partial charge is 0.0316 e. The van der Waals surface area contributed by atoms with Gasteiger partial charge in [-0.2, -0.15) is 0 Å². The molecule has 0 unspecified atom stereocenters. The zero-order valence-corrected chi connectivity index (χ0v) is 7.84. The van der Waals surface area contributed by atoms with Crippen molar-refractivity contribution >= 4 is 0 Å². The van der Waals surface area contributed by atoms with Gasteiger partial charge in [0.1, 0.15) is 0 Å². The SMILES string of the molecule is [CH]1C/C=C/C=C\CCCCCC1. The lowest BCUT2D eigenvalue weighted by Crippen LogP contribution is -1.80. The van der Waals surface area contributed by atoms with Gasteiger partial charge in [-0.15, -0.1) is 0 Å². The highest BCUT2D eigenvalue weighted by Crippen LogP contribution is 2.09. The Bertz CT molecular complexity index is 124. The maximum Gasteiger partial charge on any atom is -0.0316 e. The summed E-state index contributed by atoms with van der Waals surface area (Å²) in [5.41, 5.74) is 0. The Labute approximate surface area is 76.4 Å². The largest absolute Gasteiger partial charge is 0.0845 e. The van der Waals surface area contributed by atoms with Crippen molar-refractivity contribution in [2.75, 3.05) is 0 Å². The predicted octanol–water partition coefficient (Wildman–Crippen LogP) is 4.05. The summed E-state index contributed by atoms with van der Waals surface area (Å²) in [6, 6.07) is 0.